The van der Waals surface area contributed by atoms with Gasteiger partial charge < -0.3 is 10.3 Å². The highest BCUT2D eigenvalue weighted by Gasteiger charge is 2.19. The van der Waals surface area contributed by atoms with Crippen molar-refractivity contribution in [1.82, 2.24) is 4.57 Å². The van der Waals surface area contributed by atoms with Crippen LogP contribution in [0.5, 0.6) is 0 Å². The molecule has 1 heterocycles. The predicted molar refractivity (Wildman–Crippen MR) is 259 cm³/mol. The number of rotatable bonds is 8. The number of para-hydroxylation sites is 3. The van der Waals surface area contributed by atoms with Gasteiger partial charge in [-0.2, -0.15) is 0 Å². The molecular formula is C58H41N3. The number of nitrogens with zero attached hydrogens (tertiary/aromatic N) is 2. The van der Waals surface area contributed by atoms with Crippen molar-refractivity contribution in [1.29, 1.82) is 0 Å². The van der Waals surface area contributed by atoms with Crippen LogP contribution < -0.4 is 5.73 Å². The Kier molecular flexibility index (Phi) is 9.05. The fraction of sp³-hybridized carbons (Fsp3) is 0.0172. The monoisotopic (exact) mass is 779 g/mol. The van der Waals surface area contributed by atoms with Crippen LogP contribution in [0, 0.1) is 0 Å². The smallest absolute Gasteiger partial charge is 0.131 e. The average Bonchev–Trinajstić information content (AvgIpc) is 3.68. The summed E-state index contributed by atoms with van der Waals surface area (Å²) in [5.74, 6) is 0.479. The third kappa shape index (κ3) is 6.35. The highest BCUT2D eigenvalue weighted by molar-refractivity contribution is 6.28. The number of nitrogens with two attached hydrogens (primary N) is 1. The van der Waals surface area contributed by atoms with Crippen molar-refractivity contribution < 1.29 is 0 Å². The molecule has 0 aliphatic heterocycles. The van der Waals surface area contributed by atoms with Gasteiger partial charge >= 0.3 is 0 Å². The third-order valence-corrected chi connectivity index (χ3v) is 12.1. The lowest BCUT2D eigenvalue weighted by Crippen LogP contribution is -2.13. The van der Waals surface area contributed by atoms with E-state index in [-0.39, 0.29) is 0 Å². The van der Waals surface area contributed by atoms with E-state index in [0.29, 0.717) is 12.3 Å². The maximum atomic E-state index is 6.81. The summed E-state index contributed by atoms with van der Waals surface area (Å²) in [7, 11) is 0. The van der Waals surface area contributed by atoms with Crippen molar-refractivity contribution in [3.8, 4) is 27.9 Å². The molecule has 1 aromatic heterocycles. The molecule has 0 atom stereocenters. The van der Waals surface area contributed by atoms with E-state index in [2.05, 4.69) is 199 Å². The number of aliphatic imine (C=N–C) groups is 1. The normalized spacial score (nSPS) is 12.3. The molecule has 288 valence electrons. The fourth-order valence-electron chi connectivity index (χ4n) is 9.31. The van der Waals surface area contributed by atoms with Crippen molar-refractivity contribution in [3.63, 3.8) is 0 Å². The zero-order chi connectivity index (χ0) is 40.7. The molecule has 0 unspecified atom stereocenters. The van der Waals surface area contributed by atoms with Gasteiger partial charge in [0, 0.05) is 22.0 Å². The first kappa shape index (κ1) is 36.1. The van der Waals surface area contributed by atoms with Gasteiger partial charge in [-0.1, -0.05) is 206 Å². The van der Waals surface area contributed by atoms with E-state index in [4.69, 9.17) is 10.7 Å². The highest BCUT2D eigenvalue weighted by Crippen LogP contribution is 2.46. The minimum Gasteiger partial charge on any atom is -0.383 e. The van der Waals surface area contributed by atoms with Crippen LogP contribution in [0.25, 0.3) is 87.8 Å². The number of benzene rings is 10. The number of aromatic nitrogens is 1. The molecule has 0 aliphatic rings. The maximum absolute atomic E-state index is 6.81. The van der Waals surface area contributed by atoms with E-state index >= 15 is 0 Å². The molecular weight excluding hydrogens is 739 g/mol. The molecule has 3 heteroatoms. The molecule has 0 saturated heterocycles. The van der Waals surface area contributed by atoms with Crippen LogP contribution in [-0.2, 0) is 6.42 Å². The van der Waals surface area contributed by atoms with Crippen molar-refractivity contribution in [2.45, 2.75) is 6.42 Å². The Balaban J connectivity index is 1.09. The number of hydrogen-bond donors (Lipinski definition) is 1. The molecule has 3 nitrogen and oxygen atoms in total. The summed E-state index contributed by atoms with van der Waals surface area (Å²) in [4.78, 5) is 5.17. The lowest BCUT2D eigenvalue weighted by Gasteiger charge is -2.19. The molecule has 11 rings (SSSR count). The van der Waals surface area contributed by atoms with E-state index in [0.717, 1.165) is 28.1 Å². The standard InChI is InChI=1S/C58H41N3/c59-58(44-20-6-2-7-21-44)60-52(38-36-43-22-16-29-50-47-26-14-15-30-53(47)61(57(43)50)45-23-8-3-9-24-45)40-31-33-42(34-32-40)55-49-28-13-12-27-48(49)54(41-18-4-1-5-19-41)51-37-35-39-17-10-11-25-46(39)56(51)55/h1-35,37-38H,36H2,(H2,59,60)/b52-38-. The van der Waals surface area contributed by atoms with Crippen LogP contribution in [0.4, 0.5) is 0 Å². The fourth-order valence-corrected chi connectivity index (χ4v) is 9.31. The topological polar surface area (TPSA) is 43.3 Å². The first-order valence-electron chi connectivity index (χ1n) is 20.9. The minimum atomic E-state index is 0.479. The second kappa shape index (κ2) is 15.3. The number of hydrogen-bond acceptors (Lipinski definition) is 1. The summed E-state index contributed by atoms with van der Waals surface area (Å²) in [5.41, 5.74) is 19.1. The molecule has 0 fully saturated rings. The van der Waals surface area contributed by atoms with E-state index in [1.54, 1.807) is 0 Å². The Morgan fingerprint density at radius 1 is 0.443 bits per heavy atom. The average molecular weight is 780 g/mol. The van der Waals surface area contributed by atoms with Gasteiger partial charge in [-0.05, 0) is 90.3 Å². The SMILES string of the molecule is NC(=N/C(=C\Cc1cccc2c3ccccc3n(-c3ccccc3)c12)c1ccc(-c2c3ccccc3c(-c3ccccc3)c3ccc4ccccc4c23)cc1)c1ccccc1. The molecule has 0 spiro atoms. The lowest BCUT2D eigenvalue weighted by atomic mass is 9.84. The van der Waals surface area contributed by atoms with Crippen molar-refractivity contribution >= 4 is 65.7 Å². The predicted octanol–water partition coefficient (Wildman–Crippen LogP) is 14.6. The molecule has 2 N–H and O–H groups in total. The maximum Gasteiger partial charge on any atom is 0.131 e. The third-order valence-electron chi connectivity index (χ3n) is 12.1. The number of amidine groups is 1. The summed E-state index contributed by atoms with van der Waals surface area (Å²) >= 11 is 0. The number of fused-ring (bicyclic) bond motifs is 7. The summed E-state index contributed by atoms with van der Waals surface area (Å²) in [6, 6.07) is 77.9. The zero-order valence-electron chi connectivity index (χ0n) is 33.5. The molecule has 0 aliphatic carbocycles. The minimum absolute atomic E-state index is 0.479. The van der Waals surface area contributed by atoms with Crippen LogP contribution in [0.3, 0.4) is 0 Å². The van der Waals surface area contributed by atoms with Crippen molar-refractivity contribution in [3.05, 3.63) is 241 Å². The van der Waals surface area contributed by atoms with E-state index in [9.17, 15) is 0 Å². The molecule has 0 amide bonds. The molecule has 61 heavy (non-hydrogen) atoms. The number of allylic oxidation sites excluding steroid dienone is 1. The summed E-state index contributed by atoms with van der Waals surface area (Å²) in [5, 5.41) is 9.88. The second-order valence-electron chi connectivity index (χ2n) is 15.6. The van der Waals surface area contributed by atoms with Crippen LogP contribution in [-0.4, -0.2) is 10.4 Å². The Labute approximate surface area is 355 Å². The zero-order valence-corrected chi connectivity index (χ0v) is 33.5. The Morgan fingerprint density at radius 3 is 1.79 bits per heavy atom. The van der Waals surface area contributed by atoms with Gasteiger partial charge in [0.25, 0.3) is 0 Å². The van der Waals surface area contributed by atoms with Gasteiger partial charge in [0.1, 0.15) is 5.84 Å². The van der Waals surface area contributed by atoms with E-state index < -0.39 is 0 Å². The van der Waals surface area contributed by atoms with Crippen LogP contribution in [0.15, 0.2) is 229 Å². The van der Waals surface area contributed by atoms with E-state index in [1.165, 1.54) is 76.4 Å². The van der Waals surface area contributed by atoms with Crippen molar-refractivity contribution in [2.75, 3.05) is 0 Å². The van der Waals surface area contributed by atoms with E-state index in [1.807, 2.05) is 30.3 Å². The Hall–Kier alpha value is -8.01. The van der Waals surface area contributed by atoms with Crippen LogP contribution >= 0.6 is 0 Å². The summed E-state index contributed by atoms with van der Waals surface area (Å²) in [6.07, 6.45) is 2.89. The van der Waals surface area contributed by atoms with Gasteiger partial charge in [-0.3, -0.25) is 0 Å². The quantitative estimate of drug-likeness (QED) is 0.0710. The van der Waals surface area contributed by atoms with Crippen LogP contribution in [0.1, 0.15) is 16.7 Å². The van der Waals surface area contributed by atoms with Gasteiger partial charge in [0.2, 0.25) is 0 Å². The van der Waals surface area contributed by atoms with Crippen LogP contribution in [0.2, 0.25) is 0 Å². The van der Waals surface area contributed by atoms with Crippen molar-refractivity contribution in [2.24, 2.45) is 10.7 Å². The van der Waals surface area contributed by atoms with Gasteiger partial charge in [0.05, 0.1) is 16.7 Å². The Morgan fingerprint density at radius 2 is 1.03 bits per heavy atom. The molecule has 0 bridgehead atoms. The second-order valence-corrected chi connectivity index (χ2v) is 15.6. The van der Waals surface area contributed by atoms with Gasteiger partial charge in [-0.15, -0.1) is 0 Å². The molecule has 11 aromatic rings. The Bertz CT molecular complexity index is 3470. The first-order chi connectivity index (χ1) is 30.2. The largest absolute Gasteiger partial charge is 0.383 e. The summed E-state index contributed by atoms with van der Waals surface area (Å²) < 4.78 is 2.39. The first-order valence-corrected chi connectivity index (χ1v) is 20.9. The highest BCUT2D eigenvalue weighted by atomic mass is 15.0. The van der Waals surface area contributed by atoms with Gasteiger partial charge in [-0.25, -0.2) is 4.99 Å². The summed E-state index contributed by atoms with van der Waals surface area (Å²) in [6.45, 7) is 0. The molecule has 0 saturated carbocycles. The molecule has 10 aromatic carbocycles. The van der Waals surface area contributed by atoms with Gasteiger partial charge in [0.15, 0.2) is 0 Å². The lowest BCUT2D eigenvalue weighted by molar-refractivity contribution is 1.15. The molecule has 0 radical (unpaired) electrons.